The normalized spacial score (nSPS) is 14.8. The van der Waals surface area contributed by atoms with Crippen LogP contribution in [0.25, 0.3) is 0 Å². The van der Waals surface area contributed by atoms with E-state index in [1.54, 1.807) is 6.07 Å². The predicted octanol–water partition coefficient (Wildman–Crippen LogP) is 3.32. The number of rotatable bonds is 4. The fraction of sp³-hybridized carbons (Fsp3) is 0.500. The fourth-order valence-electron chi connectivity index (χ4n) is 2.01. The molecule has 3 heteroatoms. The largest absolute Gasteiger partial charge is 0.368 e. The van der Waals surface area contributed by atoms with Crippen molar-refractivity contribution in [3.63, 3.8) is 0 Å². The second-order valence-corrected chi connectivity index (χ2v) is 4.96. The van der Waals surface area contributed by atoms with Crippen LogP contribution in [0.15, 0.2) is 18.2 Å². The van der Waals surface area contributed by atoms with Gasteiger partial charge in [0.25, 0.3) is 0 Å². The van der Waals surface area contributed by atoms with Crippen molar-refractivity contribution in [2.45, 2.75) is 32.7 Å². The first-order valence-corrected chi connectivity index (χ1v) is 6.08. The van der Waals surface area contributed by atoms with Crippen molar-refractivity contribution in [1.29, 1.82) is 5.26 Å². The molecule has 1 aliphatic carbocycles. The molecule has 0 aromatic heterocycles. The molecular formula is C14H17FN2. The van der Waals surface area contributed by atoms with Gasteiger partial charge in [0.2, 0.25) is 0 Å². The molecule has 1 aromatic carbocycles. The van der Waals surface area contributed by atoms with Gasteiger partial charge in [0.05, 0.1) is 11.3 Å². The van der Waals surface area contributed by atoms with Gasteiger partial charge in [-0.05, 0) is 50.8 Å². The molecule has 1 saturated carbocycles. The van der Waals surface area contributed by atoms with Crippen LogP contribution in [-0.2, 0) is 0 Å². The van der Waals surface area contributed by atoms with Crippen molar-refractivity contribution in [3.05, 3.63) is 29.6 Å². The highest BCUT2D eigenvalue weighted by molar-refractivity contribution is 5.60. The van der Waals surface area contributed by atoms with E-state index >= 15 is 0 Å². The number of benzene rings is 1. The molecule has 90 valence electrons. The Morgan fingerprint density at radius 1 is 1.47 bits per heavy atom. The molecule has 0 bridgehead atoms. The van der Waals surface area contributed by atoms with Gasteiger partial charge in [-0.2, -0.15) is 5.26 Å². The summed E-state index contributed by atoms with van der Waals surface area (Å²) >= 11 is 0. The first-order valence-electron chi connectivity index (χ1n) is 6.08. The summed E-state index contributed by atoms with van der Waals surface area (Å²) in [5, 5.41) is 9.08. The maximum Gasteiger partial charge on any atom is 0.124 e. The Morgan fingerprint density at radius 2 is 2.18 bits per heavy atom. The quantitative estimate of drug-likeness (QED) is 0.796. The van der Waals surface area contributed by atoms with Crippen LogP contribution in [0.5, 0.6) is 0 Å². The zero-order valence-corrected chi connectivity index (χ0v) is 10.3. The van der Waals surface area contributed by atoms with Crippen LogP contribution in [-0.4, -0.2) is 12.6 Å². The molecule has 1 aromatic rings. The zero-order chi connectivity index (χ0) is 12.4. The van der Waals surface area contributed by atoms with Crippen LogP contribution in [0.2, 0.25) is 0 Å². The molecule has 0 spiro atoms. The molecular weight excluding hydrogens is 215 g/mol. The minimum Gasteiger partial charge on any atom is -0.368 e. The van der Waals surface area contributed by atoms with Crippen LogP contribution < -0.4 is 4.90 Å². The van der Waals surface area contributed by atoms with Crippen LogP contribution in [0.3, 0.4) is 0 Å². The number of anilines is 1. The Labute approximate surface area is 102 Å². The van der Waals surface area contributed by atoms with E-state index < -0.39 is 0 Å². The summed E-state index contributed by atoms with van der Waals surface area (Å²) in [6, 6.07) is 6.88. The summed E-state index contributed by atoms with van der Waals surface area (Å²) in [6.45, 7) is 5.18. The van der Waals surface area contributed by atoms with Crippen molar-refractivity contribution in [2.75, 3.05) is 11.4 Å². The molecule has 0 aliphatic heterocycles. The molecule has 17 heavy (non-hydrogen) atoms. The van der Waals surface area contributed by atoms with Gasteiger partial charge in [-0.1, -0.05) is 0 Å². The van der Waals surface area contributed by atoms with Crippen molar-refractivity contribution < 1.29 is 4.39 Å². The fourth-order valence-corrected chi connectivity index (χ4v) is 2.01. The summed E-state index contributed by atoms with van der Waals surface area (Å²) in [4.78, 5) is 2.20. The molecule has 0 radical (unpaired) electrons. The van der Waals surface area contributed by atoms with E-state index in [0.717, 1.165) is 18.2 Å². The SMILES string of the molecule is CC(C)N(CC1CC1)c1ccc(F)cc1C#N. The van der Waals surface area contributed by atoms with Gasteiger partial charge >= 0.3 is 0 Å². The Balaban J connectivity index is 2.31. The highest BCUT2D eigenvalue weighted by Crippen LogP contribution is 2.33. The molecule has 0 unspecified atom stereocenters. The molecule has 0 atom stereocenters. The van der Waals surface area contributed by atoms with Gasteiger partial charge < -0.3 is 4.90 Å². The van der Waals surface area contributed by atoms with Gasteiger partial charge in [-0.15, -0.1) is 0 Å². The van der Waals surface area contributed by atoms with Gasteiger partial charge in [0.15, 0.2) is 0 Å². The third-order valence-corrected chi connectivity index (χ3v) is 3.16. The Hall–Kier alpha value is -1.56. The maximum atomic E-state index is 13.1. The molecule has 0 heterocycles. The molecule has 0 N–H and O–H groups in total. The third kappa shape index (κ3) is 2.76. The molecule has 0 amide bonds. The van der Waals surface area contributed by atoms with Gasteiger partial charge in [-0.25, -0.2) is 4.39 Å². The van der Waals surface area contributed by atoms with Gasteiger partial charge in [0.1, 0.15) is 11.9 Å². The first-order chi connectivity index (χ1) is 8.11. The molecule has 0 saturated heterocycles. The van der Waals surface area contributed by atoms with E-state index in [4.69, 9.17) is 5.26 Å². The number of hydrogen-bond donors (Lipinski definition) is 0. The second kappa shape index (κ2) is 4.75. The van der Waals surface area contributed by atoms with Crippen LogP contribution >= 0.6 is 0 Å². The van der Waals surface area contributed by atoms with E-state index in [1.807, 2.05) is 0 Å². The Morgan fingerprint density at radius 3 is 2.71 bits per heavy atom. The van der Waals surface area contributed by atoms with Crippen molar-refractivity contribution in [1.82, 2.24) is 0 Å². The minimum absolute atomic E-state index is 0.327. The average molecular weight is 232 g/mol. The zero-order valence-electron chi connectivity index (χ0n) is 10.3. The van der Waals surface area contributed by atoms with E-state index in [9.17, 15) is 4.39 Å². The summed E-state index contributed by atoms with van der Waals surface area (Å²) in [7, 11) is 0. The monoisotopic (exact) mass is 232 g/mol. The summed E-state index contributed by atoms with van der Waals surface area (Å²) in [6.07, 6.45) is 2.54. The van der Waals surface area contributed by atoms with Crippen molar-refractivity contribution >= 4 is 5.69 Å². The topological polar surface area (TPSA) is 27.0 Å². The smallest absolute Gasteiger partial charge is 0.124 e. The molecule has 2 nitrogen and oxygen atoms in total. The van der Waals surface area contributed by atoms with E-state index in [0.29, 0.717) is 11.6 Å². The Kier molecular flexibility index (Phi) is 3.33. The average Bonchev–Trinajstić information content (AvgIpc) is 3.09. The van der Waals surface area contributed by atoms with Crippen molar-refractivity contribution in [3.8, 4) is 6.07 Å². The maximum absolute atomic E-state index is 13.1. The highest BCUT2D eigenvalue weighted by Gasteiger charge is 2.26. The van der Waals surface area contributed by atoms with Crippen LogP contribution in [0.4, 0.5) is 10.1 Å². The lowest BCUT2D eigenvalue weighted by Gasteiger charge is -2.29. The number of nitrogens with zero attached hydrogens (tertiary/aromatic N) is 2. The summed E-state index contributed by atoms with van der Waals surface area (Å²) in [5.74, 6) is 0.398. The number of hydrogen-bond acceptors (Lipinski definition) is 2. The summed E-state index contributed by atoms with van der Waals surface area (Å²) < 4.78 is 13.1. The highest BCUT2D eigenvalue weighted by atomic mass is 19.1. The van der Waals surface area contributed by atoms with Gasteiger partial charge in [-0.3, -0.25) is 0 Å². The van der Waals surface area contributed by atoms with E-state index in [2.05, 4.69) is 24.8 Å². The van der Waals surface area contributed by atoms with Crippen LogP contribution in [0.1, 0.15) is 32.3 Å². The molecule has 1 aliphatic rings. The van der Waals surface area contributed by atoms with Gasteiger partial charge in [0, 0.05) is 12.6 Å². The number of nitriles is 1. The van der Waals surface area contributed by atoms with Crippen LogP contribution in [0, 0.1) is 23.1 Å². The minimum atomic E-state index is -0.347. The second-order valence-electron chi connectivity index (χ2n) is 4.96. The Bertz CT molecular complexity index is 444. The first kappa shape index (κ1) is 11.9. The van der Waals surface area contributed by atoms with E-state index in [-0.39, 0.29) is 5.82 Å². The lowest BCUT2D eigenvalue weighted by atomic mass is 10.1. The van der Waals surface area contributed by atoms with E-state index in [1.165, 1.54) is 25.0 Å². The number of halogens is 1. The lowest BCUT2D eigenvalue weighted by molar-refractivity contribution is 0.621. The standard InChI is InChI=1S/C14H17FN2/c1-10(2)17(9-11-3-4-11)14-6-5-13(15)7-12(14)8-16/h5-7,10-11H,3-4,9H2,1-2H3. The summed E-state index contributed by atoms with van der Waals surface area (Å²) in [5.41, 5.74) is 1.29. The molecule has 2 rings (SSSR count). The molecule has 1 fully saturated rings. The third-order valence-electron chi connectivity index (χ3n) is 3.16. The van der Waals surface area contributed by atoms with Crippen molar-refractivity contribution in [2.24, 2.45) is 5.92 Å². The predicted molar refractivity (Wildman–Crippen MR) is 66.3 cm³/mol. The lowest BCUT2D eigenvalue weighted by Crippen LogP contribution is -2.33.